The lowest BCUT2D eigenvalue weighted by Gasteiger charge is -2.39. The summed E-state index contributed by atoms with van der Waals surface area (Å²) in [7, 11) is 0. The Hall–Kier alpha value is -1.34. The van der Waals surface area contributed by atoms with Gasteiger partial charge in [-0.05, 0) is 37.1 Å². The number of nitrogens with zero attached hydrogens (tertiary/aromatic N) is 2. The molecule has 5 nitrogen and oxygen atoms in total. The van der Waals surface area contributed by atoms with Gasteiger partial charge in [0.2, 0.25) is 11.8 Å². The number of carbonyl (C=O) groups is 3. The van der Waals surface area contributed by atoms with Crippen LogP contribution in [-0.4, -0.2) is 51.7 Å². The molecule has 0 spiro atoms. The number of rotatable bonds is 3. The number of thioether (sulfide) groups is 1. The second kappa shape index (κ2) is 6.76. The van der Waals surface area contributed by atoms with Gasteiger partial charge in [-0.2, -0.15) is 0 Å². The fourth-order valence-electron chi connectivity index (χ4n) is 4.44. The van der Waals surface area contributed by atoms with Gasteiger partial charge in [-0.1, -0.05) is 30.7 Å². The van der Waals surface area contributed by atoms with Crippen LogP contribution >= 0.6 is 23.1 Å². The van der Waals surface area contributed by atoms with E-state index in [1.807, 2.05) is 11.0 Å². The topological polar surface area (TPSA) is 57.7 Å². The monoisotopic (exact) mass is 378 g/mol. The van der Waals surface area contributed by atoms with Gasteiger partial charge in [0.05, 0.1) is 11.2 Å². The molecule has 1 saturated carbocycles. The van der Waals surface area contributed by atoms with Crippen molar-refractivity contribution in [3.63, 3.8) is 0 Å². The minimum atomic E-state index is -0.337. The van der Waals surface area contributed by atoms with Crippen molar-refractivity contribution >= 4 is 40.2 Å². The molecule has 3 heterocycles. The molecule has 134 valence electrons. The molecule has 2 aliphatic heterocycles. The van der Waals surface area contributed by atoms with Gasteiger partial charge >= 0.3 is 0 Å². The molecule has 0 bridgehead atoms. The molecule has 1 aromatic rings. The van der Waals surface area contributed by atoms with Crippen LogP contribution in [0.3, 0.4) is 0 Å². The van der Waals surface area contributed by atoms with Crippen LogP contribution in [0.15, 0.2) is 17.5 Å². The van der Waals surface area contributed by atoms with Crippen molar-refractivity contribution in [2.75, 3.05) is 18.8 Å². The highest BCUT2D eigenvalue weighted by Crippen LogP contribution is 2.45. The Morgan fingerprint density at radius 2 is 1.88 bits per heavy atom. The maximum atomic E-state index is 13.4. The van der Waals surface area contributed by atoms with Crippen LogP contribution in [0.25, 0.3) is 0 Å². The van der Waals surface area contributed by atoms with Crippen molar-refractivity contribution in [1.82, 2.24) is 9.80 Å². The third kappa shape index (κ3) is 2.91. The van der Waals surface area contributed by atoms with Crippen LogP contribution in [0.2, 0.25) is 0 Å². The molecule has 1 aromatic heterocycles. The van der Waals surface area contributed by atoms with Gasteiger partial charge in [0.1, 0.15) is 0 Å². The van der Waals surface area contributed by atoms with Gasteiger partial charge in [0.15, 0.2) is 0 Å². The minimum Gasteiger partial charge on any atom is -0.342 e. The molecular weight excluding hydrogens is 356 g/mol. The summed E-state index contributed by atoms with van der Waals surface area (Å²) in [6, 6.07) is 4.08. The summed E-state index contributed by atoms with van der Waals surface area (Å²) in [5.74, 6) is 0.435. The highest BCUT2D eigenvalue weighted by molar-refractivity contribution is 8.14. The Balaban J connectivity index is 1.46. The molecule has 0 atom stereocenters. The van der Waals surface area contributed by atoms with Gasteiger partial charge in [0, 0.05) is 24.0 Å². The first-order valence-electron chi connectivity index (χ1n) is 8.94. The molecule has 2 saturated heterocycles. The van der Waals surface area contributed by atoms with E-state index >= 15 is 0 Å². The van der Waals surface area contributed by atoms with Gasteiger partial charge in [0.25, 0.3) is 5.24 Å². The van der Waals surface area contributed by atoms with Crippen LogP contribution in [-0.2, 0) is 15.0 Å². The van der Waals surface area contributed by atoms with E-state index in [1.165, 1.54) is 9.78 Å². The number of hydrogen-bond acceptors (Lipinski definition) is 5. The van der Waals surface area contributed by atoms with Crippen LogP contribution < -0.4 is 0 Å². The largest absolute Gasteiger partial charge is 0.342 e. The van der Waals surface area contributed by atoms with Crippen molar-refractivity contribution in [3.8, 4) is 0 Å². The fourth-order valence-corrected chi connectivity index (χ4v) is 6.20. The quantitative estimate of drug-likeness (QED) is 0.810. The van der Waals surface area contributed by atoms with Crippen LogP contribution in [0.4, 0.5) is 4.79 Å². The summed E-state index contributed by atoms with van der Waals surface area (Å²) in [5, 5.41) is 1.93. The zero-order chi connectivity index (χ0) is 17.4. The number of thiophene rings is 1. The van der Waals surface area contributed by atoms with Crippen molar-refractivity contribution < 1.29 is 14.4 Å². The number of amides is 3. The lowest BCUT2D eigenvalue weighted by molar-refractivity contribution is -0.139. The molecule has 3 aliphatic rings. The maximum Gasteiger partial charge on any atom is 0.289 e. The summed E-state index contributed by atoms with van der Waals surface area (Å²) in [6.07, 6.45) is 5.48. The Bertz CT molecular complexity index is 659. The second-order valence-electron chi connectivity index (χ2n) is 7.11. The molecule has 7 heteroatoms. The predicted octanol–water partition coefficient (Wildman–Crippen LogP) is 3.25. The van der Waals surface area contributed by atoms with Gasteiger partial charge < -0.3 is 4.90 Å². The molecule has 3 amide bonds. The van der Waals surface area contributed by atoms with Crippen molar-refractivity contribution in [2.45, 2.75) is 50.0 Å². The highest BCUT2D eigenvalue weighted by atomic mass is 32.2. The van der Waals surface area contributed by atoms with Gasteiger partial charge in [-0.3, -0.25) is 19.3 Å². The average Bonchev–Trinajstić information content (AvgIpc) is 3.36. The first-order chi connectivity index (χ1) is 12.1. The minimum absolute atomic E-state index is 0.0414. The standard InChI is InChI=1S/C18H22N2O3S2/c21-15-12-25-17(23)20(15)13-5-9-19(10-6-13)16(22)18(7-1-2-8-18)14-4-3-11-24-14/h3-4,11,13H,1-2,5-10,12H2. The van der Waals surface area contributed by atoms with Crippen LogP contribution in [0, 0.1) is 0 Å². The molecule has 0 aromatic carbocycles. The summed E-state index contributed by atoms with van der Waals surface area (Å²) < 4.78 is 0. The average molecular weight is 379 g/mol. The normalized spacial score (nSPS) is 24.3. The van der Waals surface area contributed by atoms with E-state index in [4.69, 9.17) is 0 Å². The van der Waals surface area contributed by atoms with E-state index in [0.29, 0.717) is 25.9 Å². The first-order valence-corrected chi connectivity index (χ1v) is 10.8. The third-order valence-electron chi connectivity index (χ3n) is 5.76. The third-order valence-corrected chi connectivity index (χ3v) is 7.67. The van der Waals surface area contributed by atoms with E-state index < -0.39 is 0 Å². The Kier molecular flexibility index (Phi) is 4.62. The Morgan fingerprint density at radius 3 is 2.44 bits per heavy atom. The van der Waals surface area contributed by atoms with E-state index in [-0.39, 0.29) is 34.3 Å². The zero-order valence-electron chi connectivity index (χ0n) is 14.1. The van der Waals surface area contributed by atoms with Gasteiger partial charge in [-0.15, -0.1) is 11.3 Å². The molecule has 0 radical (unpaired) electrons. The zero-order valence-corrected chi connectivity index (χ0v) is 15.7. The van der Waals surface area contributed by atoms with Gasteiger partial charge in [-0.25, -0.2) is 0 Å². The van der Waals surface area contributed by atoms with E-state index in [0.717, 1.165) is 37.4 Å². The molecule has 1 aliphatic carbocycles. The molecule has 0 unspecified atom stereocenters. The lowest BCUT2D eigenvalue weighted by Crippen LogP contribution is -2.52. The number of carbonyl (C=O) groups excluding carboxylic acids is 3. The van der Waals surface area contributed by atoms with E-state index in [1.54, 1.807) is 11.3 Å². The number of piperidine rings is 1. The van der Waals surface area contributed by atoms with Crippen LogP contribution in [0.5, 0.6) is 0 Å². The smallest absolute Gasteiger partial charge is 0.289 e. The Morgan fingerprint density at radius 1 is 1.16 bits per heavy atom. The number of imide groups is 1. The van der Waals surface area contributed by atoms with E-state index in [2.05, 4.69) is 11.4 Å². The molecular formula is C18H22N2O3S2. The first kappa shape index (κ1) is 17.1. The van der Waals surface area contributed by atoms with Crippen molar-refractivity contribution in [2.24, 2.45) is 0 Å². The molecule has 3 fully saturated rings. The molecule has 4 rings (SSSR count). The summed E-state index contributed by atoms with van der Waals surface area (Å²) in [4.78, 5) is 41.8. The number of hydrogen-bond donors (Lipinski definition) is 0. The van der Waals surface area contributed by atoms with E-state index in [9.17, 15) is 14.4 Å². The SMILES string of the molecule is O=C1CSC(=O)N1C1CCN(C(=O)C2(c3cccs3)CCCC2)CC1. The number of likely N-dealkylation sites (tertiary alicyclic amines) is 1. The van der Waals surface area contributed by atoms with Crippen molar-refractivity contribution in [1.29, 1.82) is 0 Å². The fraction of sp³-hybridized carbons (Fsp3) is 0.611. The summed E-state index contributed by atoms with van der Waals surface area (Å²) in [5.41, 5.74) is -0.337. The highest BCUT2D eigenvalue weighted by Gasteiger charge is 2.47. The lowest BCUT2D eigenvalue weighted by atomic mass is 9.82. The van der Waals surface area contributed by atoms with Crippen LogP contribution in [0.1, 0.15) is 43.4 Å². The summed E-state index contributed by atoms with van der Waals surface area (Å²) >= 11 is 2.78. The Labute approximate surface area is 155 Å². The van der Waals surface area contributed by atoms with Crippen molar-refractivity contribution in [3.05, 3.63) is 22.4 Å². The molecule has 25 heavy (non-hydrogen) atoms. The summed E-state index contributed by atoms with van der Waals surface area (Å²) in [6.45, 7) is 1.27. The second-order valence-corrected chi connectivity index (χ2v) is 8.98. The maximum absolute atomic E-state index is 13.4. The predicted molar refractivity (Wildman–Crippen MR) is 98.8 cm³/mol. The molecule has 0 N–H and O–H groups in total.